The number of hydrogen-bond donors (Lipinski definition) is 1. The molecule has 0 unspecified atom stereocenters. The van der Waals surface area contributed by atoms with E-state index in [4.69, 9.17) is 11.6 Å². The zero-order valence-electron chi connectivity index (χ0n) is 9.83. The number of halogens is 2. The lowest BCUT2D eigenvalue weighted by atomic mass is 10.0. The Morgan fingerprint density at radius 3 is 3.11 bits per heavy atom. The largest absolute Gasteiger partial charge is 0.334 e. The molecule has 2 saturated heterocycles. The van der Waals surface area contributed by atoms with E-state index in [1.807, 2.05) is 11.0 Å². The lowest BCUT2D eigenvalue weighted by Crippen LogP contribution is -2.39. The summed E-state index contributed by atoms with van der Waals surface area (Å²) in [5, 5.41) is 3.95. The number of carbonyl (C=O) groups is 1. The Kier molecular flexibility index (Phi) is 3.34. The van der Waals surface area contributed by atoms with Crippen LogP contribution in [0.5, 0.6) is 0 Å². The molecule has 0 aromatic heterocycles. The SMILES string of the molecule is O=C(c1cc(Cl)ccc1Br)N1CC[C@H]2CNC[C@H]21. The minimum Gasteiger partial charge on any atom is -0.334 e. The maximum absolute atomic E-state index is 12.6. The molecule has 0 radical (unpaired) electrons. The van der Waals surface area contributed by atoms with Gasteiger partial charge in [0.15, 0.2) is 0 Å². The van der Waals surface area contributed by atoms with Crippen LogP contribution in [-0.2, 0) is 0 Å². The van der Waals surface area contributed by atoms with E-state index in [1.165, 1.54) is 0 Å². The molecule has 3 rings (SSSR count). The van der Waals surface area contributed by atoms with Gasteiger partial charge < -0.3 is 10.2 Å². The third kappa shape index (κ3) is 2.06. The summed E-state index contributed by atoms with van der Waals surface area (Å²) in [6, 6.07) is 5.70. The second kappa shape index (κ2) is 4.83. The van der Waals surface area contributed by atoms with E-state index in [0.29, 0.717) is 22.5 Å². The summed E-state index contributed by atoms with van der Waals surface area (Å²) < 4.78 is 0.811. The van der Waals surface area contributed by atoms with Crippen molar-refractivity contribution in [2.75, 3.05) is 19.6 Å². The van der Waals surface area contributed by atoms with Gasteiger partial charge in [0.25, 0.3) is 5.91 Å². The summed E-state index contributed by atoms with van der Waals surface area (Å²) >= 11 is 9.40. The predicted molar refractivity (Wildman–Crippen MR) is 75.0 cm³/mol. The van der Waals surface area contributed by atoms with Crippen molar-refractivity contribution in [2.45, 2.75) is 12.5 Å². The first kappa shape index (κ1) is 12.5. The van der Waals surface area contributed by atoms with Crippen LogP contribution in [0.25, 0.3) is 0 Å². The monoisotopic (exact) mass is 328 g/mol. The molecule has 2 atom stereocenters. The van der Waals surface area contributed by atoms with Crippen LogP contribution in [0, 0.1) is 5.92 Å². The molecule has 1 amide bonds. The first-order chi connectivity index (χ1) is 8.66. The van der Waals surface area contributed by atoms with E-state index in [2.05, 4.69) is 21.2 Å². The molecule has 0 spiro atoms. The minimum atomic E-state index is 0.0839. The molecule has 0 saturated carbocycles. The average molecular weight is 330 g/mol. The van der Waals surface area contributed by atoms with E-state index in [1.54, 1.807) is 12.1 Å². The van der Waals surface area contributed by atoms with E-state index < -0.39 is 0 Å². The minimum absolute atomic E-state index is 0.0839. The lowest BCUT2D eigenvalue weighted by Gasteiger charge is -2.24. The fraction of sp³-hybridized carbons (Fsp3) is 0.462. The van der Waals surface area contributed by atoms with Crippen molar-refractivity contribution >= 4 is 33.4 Å². The molecule has 18 heavy (non-hydrogen) atoms. The molecule has 0 aliphatic carbocycles. The highest BCUT2D eigenvalue weighted by molar-refractivity contribution is 9.10. The third-order valence-corrected chi connectivity index (χ3v) is 4.79. The number of benzene rings is 1. The normalized spacial score (nSPS) is 26.4. The smallest absolute Gasteiger partial charge is 0.255 e. The zero-order valence-corrected chi connectivity index (χ0v) is 12.2. The van der Waals surface area contributed by atoms with Crippen LogP contribution >= 0.6 is 27.5 Å². The number of nitrogens with one attached hydrogen (secondary N) is 1. The Morgan fingerprint density at radius 2 is 2.28 bits per heavy atom. The van der Waals surface area contributed by atoms with Crippen LogP contribution in [-0.4, -0.2) is 36.5 Å². The van der Waals surface area contributed by atoms with Crippen LogP contribution in [0.3, 0.4) is 0 Å². The standard InChI is InChI=1S/C13H14BrClN2O/c14-11-2-1-9(15)5-10(11)13(18)17-4-3-8-6-16-7-12(8)17/h1-2,5,8,12,16H,3-4,6-7H2/t8-,12+/m0/s1. The van der Waals surface area contributed by atoms with Gasteiger partial charge >= 0.3 is 0 Å². The number of rotatable bonds is 1. The Balaban J connectivity index is 1.88. The summed E-state index contributed by atoms with van der Waals surface area (Å²) in [5.74, 6) is 0.701. The van der Waals surface area contributed by atoms with Crippen molar-refractivity contribution in [3.05, 3.63) is 33.3 Å². The zero-order chi connectivity index (χ0) is 12.7. The van der Waals surface area contributed by atoms with Crippen LogP contribution in [0.4, 0.5) is 0 Å². The summed E-state index contributed by atoms with van der Waals surface area (Å²) in [6.07, 6.45) is 1.10. The second-order valence-corrected chi connectivity index (χ2v) is 6.19. The van der Waals surface area contributed by atoms with E-state index >= 15 is 0 Å². The van der Waals surface area contributed by atoms with Crippen molar-refractivity contribution in [1.29, 1.82) is 0 Å². The highest BCUT2D eigenvalue weighted by atomic mass is 79.9. The van der Waals surface area contributed by atoms with Gasteiger partial charge in [0.05, 0.1) is 5.56 Å². The van der Waals surface area contributed by atoms with E-state index in [9.17, 15) is 4.79 Å². The molecule has 1 aromatic rings. The van der Waals surface area contributed by atoms with Gasteiger partial charge in [-0.15, -0.1) is 0 Å². The summed E-state index contributed by atoms with van der Waals surface area (Å²) in [5.41, 5.74) is 0.662. The molecule has 2 fully saturated rings. The van der Waals surface area contributed by atoms with Crippen LogP contribution in [0.1, 0.15) is 16.8 Å². The summed E-state index contributed by atoms with van der Waals surface area (Å²) in [4.78, 5) is 14.6. The van der Waals surface area contributed by atoms with Gasteiger partial charge in [-0.2, -0.15) is 0 Å². The quantitative estimate of drug-likeness (QED) is 0.859. The number of nitrogens with zero attached hydrogens (tertiary/aromatic N) is 1. The Morgan fingerprint density at radius 1 is 1.44 bits per heavy atom. The lowest BCUT2D eigenvalue weighted by molar-refractivity contribution is 0.0736. The highest BCUT2D eigenvalue weighted by Crippen LogP contribution is 2.30. The van der Waals surface area contributed by atoms with E-state index in [0.717, 1.165) is 30.5 Å². The number of hydrogen-bond acceptors (Lipinski definition) is 2. The number of likely N-dealkylation sites (tertiary alicyclic amines) is 1. The van der Waals surface area contributed by atoms with Crippen LogP contribution in [0.15, 0.2) is 22.7 Å². The number of carbonyl (C=O) groups excluding carboxylic acids is 1. The molecule has 1 N–H and O–H groups in total. The first-order valence-corrected chi connectivity index (χ1v) is 7.30. The van der Waals surface area contributed by atoms with E-state index in [-0.39, 0.29) is 5.91 Å². The highest BCUT2D eigenvalue weighted by Gasteiger charge is 2.40. The van der Waals surface area contributed by atoms with Gasteiger partial charge in [-0.25, -0.2) is 0 Å². The van der Waals surface area contributed by atoms with Crippen LogP contribution in [0.2, 0.25) is 5.02 Å². The van der Waals surface area contributed by atoms with Gasteiger partial charge in [0.2, 0.25) is 0 Å². The molecule has 96 valence electrons. The van der Waals surface area contributed by atoms with Crippen molar-refractivity contribution in [3.63, 3.8) is 0 Å². The van der Waals surface area contributed by atoms with Crippen molar-refractivity contribution in [2.24, 2.45) is 5.92 Å². The molecule has 3 nitrogen and oxygen atoms in total. The molecule has 0 bridgehead atoms. The van der Waals surface area contributed by atoms with Gasteiger partial charge in [-0.05, 0) is 46.5 Å². The number of amides is 1. The Hall–Kier alpha value is -0.580. The van der Waals surface area contributed by atoms with Crippen LogP contribution < -0.4 is 5.32 Å². The Bertz CT molecular complexity index is 494. The molecule has 1 aromatic carbocycles. The maximum Gasteiger partial charge on any atom is 0.255 e. The number of fused-ring (bicyclic) bond motifs is 1. The van der Waals surface area contributed by atoms with Crippen molar-refractivity contribution in [1.82, 2.24) is 10.2 Å². The topological polar surface area (TPSA) is 32.3 Å². The fourth-order valence-corrected chi connectivity index (χ4v) is 3.51. The first-order valence-electron chi connectivity index (χ1n) is 6.13. The summed E-state index contributed by atoms with van der Waals surface area (Å²) in [7, 11) is 0. The fourth-order valence-electron chi connectivity index (χ4n) is 2.92. The molecule has 2 aliphatic heterocycles. The van der Waals surface area contributed by atoms with Crippen molar-refractivity contribution < 1.29 is 4.79 Å². The molecule has 5 heteroatoms. The third-order valence-electron chi connectivity index (χ3n) is 3.86. The molecular formula is C13H14BrClN2O. The maximum atomic E-state index is 12.6. The van der Waals surface area contributed by atoms with Crippen molar-refractivity contribution in [3.8, 4) is 0 Å². The van der Waals surface area contributed by atoms with Gasteiger partial charge in [0.1, 0.15) is 0 Å². The molecule has 2 heterocycles. The molecular weight excluding hydrogens is 316 g/mol. The predicted octanol–water partition coefficient (Wildman–Crippen LogP) is 2.54. The van der Waals surface area contributed by atoms with Gasteiger partial charge in [0, 0.05) is 35.2 Å². The summed E-state index contributed by atoms with van der Waals surface area (Å²) in [6.45, 7) is 2.80. The Labute approximate surface area is 120 Å². The molecule has 2 aliphatic rings. The van der Waals surface area contributed by atoms with Gasteiger partial charge in [-0.3, -0.25) is 4.79 Å². The van der Waals surface area contributed by atoms with Gasteiger partial charge in [-0.1, -0.05) is 11.6 Å². The second-order valence-electron chi connectivity index (χ2n) is 4.90. The average Bonchev–Trinajstić information content (AvgIpc) is 2.93.